The van der Waals surface area contributed by atoms with Crippen molar-refractivity contribution in [1.82, 2.24) is 5.32 Å². The lowest BCUT2D eigenvalue weighted by Gasteiger charge is -2.27. The van der Waals surface area contributed by atoms with E-state index in [9.17, 15) is 9.18 Å². The van der Waals surface area contributed by atoms with Crippen LogP contribution in [0.3, 0.4) is 0 Å². The molecule has 1 aromatic carbocycles. The minimum absolute atomic E-state index is 0.0674. The molecule has 98 valence electrons. The number of nitrogens with one attached hydrogen (secondary N) is 1. The predicted molar refractivity (Wildman–Crippen MR) is 69.7 cm³/mol. The SMILES string of the molecule is CC1CCCC(NC(=O)c2ccc(N)c(F)c2)C1. The Balaban J connectivity index is 2.00. The van der Waals surface area contributed by atoms with Gasteiger partial charge in [0.25, 0.3) is 5.91 Å². The number of nitrogen functional groups attached to an aromatic ring is 1. The van der Waals surface area contributed by atoms with Crippen molar-refractivity contribution in [2.24, 2.45) is 5.92 Å². The fourth-order valence-corrected chi connectivity index (χ4v) is 2.50. The Morgan fingerprint density at radius 2 is 2.22 bits per heavy atom. The van der Waals surface area contributed by atoms with Crippen molar-refractivity contribution < 1.29 is 9.18 Å². The molecule has 0 bridgehead atoms. The summed E-state index contributed by atoms with van der Waals surface area (Å²) in [5.74, 6) is -0.111. The highest BCUT2D eigenvalue weighted by molar-refractivity contribution is 5.94. The highest BCUT2D eigenvalue weighted by Crippen LogP contribution is 2.23. The molecule has 0 aliphatic heterocycles. The molecule has 4 heteroatoms. The summed E-state index contributed by atoms with van der Waals surface area (Å²) >= 11 is 0. The van der Waals surface area contributed by atoms with Gasteiger partial charge >= 0.3 is 0 Å². The Morgan fingerprint density at radius 3 is 2.89 bits per heavy atom. The number of halogens is 1. The van der Waals surface area contributed by atoms with Gasteiger partial charge in [0.05, 0.1) is 5.69 Å². The van der Waals surface area contributed by atoms with Crippen molar-refractivity contribution in [3.05, 3.63) is 29.6 Å². The zero-order valence-electron chi connectivity index (χ0n) is 10.6. The minimum Gasteiger partial charge on any atom is -0.396 e. The normalized spacial score (nSPS) is 23.7. The van der Waals surface area contributed by atoms with Crippen LogP contribution in [-0.2, 0) is 0 Å². The van der Waals surface area contributed by atoms with E-state index >= 15 is 0 Å². The average molecular weight is 250 g/mol. The molecule has 1 aromatic rings. The largest absolute Gasteiger partial charge is 0.396 e. The molecule has 0 radical (unpaired) electrons. The minimum atomic E-state index is -0.542. The molecule has 1 amide bonds. The number of amides is 1. The first-order chi connectivity index (χ1) is 8.56. The van der Waals surface area contributed by atoms with Gasteiger partial charge in [0.2, 0.25) is 0 Å². The molecule has 1 fully saturated rings. The summed E-state index contributed by atoms with van der Waals surface area (Å²) in [4.78, 5) is 12.0. The lowest BCUT2D eigenvalue weighted by molar-refractivity contribution is 0.0921. The summed E-state index contributed by atoms with van der Waals surface area (Å²) in [6, 6.07) is 4.38. The Morgan fingerprint density at radius 1 is 1.44 bits per heavy atom. The molecule has 2 rings (SSSR count). The van der Waals surface area contributed by atoms with Gasteiger partial charge in [0, 0.05) is 11.6 Å². The summed E-state index contributed by atoms with van der Waals surface area (Å²) in [5, 5.41) is 2.97. The number of carbonyl (C=O) groups excluding carboxylic acids is 1. The summed E-state index contributed by atoms with van der Waals surface area (Å²) in [5.41, 5.74) is 5.79. The topological polar surface area (TPSA) is 55.1 Å². The molecule has 1 aliphatic rings. The number of benzene rings is 1. The molecule has 1 aliphatic carbocycles. The van der Waals surface area contributed by atoms with E-state index in [4.69, 9.17) is 5.73 Å². The third kappa shape index (κ3) is 3.00. The van der Waals surface area contributed by atoms with Crippen LogP contribution in [0.15, 0.2) is 18.2 Å². The van der Waals surface area contributed by atoms with Crippen molar-refractivity contribution in [3.63, 3.8) is 0 Å². The second kappa shape index (κ2) is 5.38. The number of hydrogen-bond donors (Lipinski definition) is 2. The van der Waals surface area contributed by atoms with E-state index in [0.717, 1.165) is 19.3 Å². The van der Waals surface area contributed by atoms with Gasteiger partial charge in [-0.2, -0.15) is 0 Å². The van der Waals surface area contributed by atoms with E-state index in [1.54, 1.807) is 6.07 Å². The number of hydrogen-bond acceptors (Lipinski definition) is 2. The average Bonchev–Trinajstić information content (AvgIpc) is 2.32. The van der Waals surface area contributed by atoms with Crippen molar-refractivity contribution in [2.45, 2.75) is 38.6 Å². The molecule has 18 heavy (non-hydrogen) atoms. The molecule has 3 nitrogen and oxygen atoms in total. The number of nitrogens with two attached hydrogens (primary N) is 1. The molecule has 2 unspecified atom stereocenters. The second-order valence-corrected chi connectivity index (χ2v) is 5.18. The third-order valence-corrected chi connectivity index (χ3v) is 3.53. The molecule has 2 atom stereocenters. The monoisotopic (exact) mass is 250 g/mol. The Hall–Kier alpha value is -1.58. The van der Waals surface area contributed by atoms with Gasteiger partial charge in [-0.05, 0) is 37.0 Å². The second-order valence-electron chi connectivity index (χ2n) is 5.18. The van der Waals surface area contributed by atoms with Gasteiger partial charge < -0.3 is 11.1 Å². The van der Waals surface area contributed by atoms with E-state index in [2.05, 4.69) is 12.2 Å². The van der Waals surface area contributed by atoms with Gasteiger partial charge in [0.1, 0.15) is 5.82 Å². The van der Waals surface area contributed by atoms with Crippen molar-refractivity contribution >= 4 is 11.6 Å². The lowest BCUT2D eigenvalue weighted by Crippen LogP contribution is -2.38. The van der Waals surface area contributed by atoms with Gasteiger partial charge in [0.15, 0.2) is 0 Å². The Kier molecular flexibility index (Phi) is 3.84. The highest BCUT2D eigenvalue weighted by atomic mass is 19.1. The van der Waals surface area contributed by atoms with E-state index in [1.165, 1.54) is 18.6 Å². The molecule has 1 saturated carbocycles. The zero-order chi connectivity index (χ0) is 13.1. The molecule has 0 heterocycles. The molecule has 0 spiro atoms. The maximum absolute atomic E-state index is 13.3. The van der Waals surface area contributed by atoms with Gasteiger partial charge in [-0.1, -0.05) is 19.8 Å². The molecular weight excluding hydrogens is 231 g/mol. The zero-order valence-corrected chi connectivity index (χ0v) is 10.6. The van der Waals surface area contributed by atoms with Gasteiger partial charge in [-0.3, -0.25) is 4.79 Å². The van der Waals surface area contributed by atoms with Crippen LogP contribution in [0.5, 0.6) is 0 Å². The Labute approximate surface area is 107 Å². The maximum Gasteiger partial charge on any atom is 0.251 e. The van der Waals surface area contributed by atoms with Gasteiger partial charge in [-0.25, -0.2) is 4.39 Å². The van der Waals surface area contributed by atoms with Crippen LogP contribution in [0.2, 0.25) is 0 Å². The van der Waals surface area contributed by atoms with Crippen LogP contribution in [0.4, 0.5) is 10.1 Å². The highest BCUT2D eigenvalue weighted by Gasteiger charge is 2.21. The third-order valence-electron chi connectivity index (χ3n) is 3.53. The fourth-order valence-electron chi connectivity index (χ4n) is 2.50. The first-order valence-electron chi connectivity index (χ1n) is 6.42. The van der Waals surface area contributed by atoms with Gasteiger partial charge in [-0.15, -0.1) is 0 Å². The maximum atomic E-state index is 13.3. The Bertz CT molecular complexity index is 447. The predicted octanol–water partition coefficient (Wildman–Crippen LogP) is 2.72. The van der Waals surface area contributed by atoms with Crippen LogP contribution in [0, 0.1) is 11.7 Å². The first-order valence-corrected chi connectivity index (χ1v) is 6.42. The molecule has 0 aromatic heterocycles. The quantitative estimate of drug-likeness (QED) is 0.793. The van der Waals surface area contributed by atoms with Crippen molar-refractivity contribution in [3.8, 4) is 0 Å². The molecule has 3 N–H and O–H groups in total. The van der Waals surface area contributed by atoms with Crippen molar-refractivity contribution in [1.29, 1.82) is 0 Å². The number of anilines is 1. The fraction of sp³-hybridized carbons (Fsp3) is 0.500. The summed E-state index contributed by atoms with van der Waals surface area (Å²) in [6.45, 7) is 2.20. The number of rotatable bonds is 2. The van der Waals surface area contributed by atoms with Crippen LogP contribution in [0.25, 0.3) is 0 Å². The molecule has 0 saturated heterocycles. The van der Waals surface area contributed by atoms with E-state index in [1.807, 2.05) is 0 Å². The number of carbonyl (C=O) groups is 1. The van der Waals surface area contributed by atoms with E-state index < -0.39 is 5.82 Å². The lowest BCUT2D eigenvalue weighted by atomic mass is 9.87. The standard InChI is InChI=1S/C14H19FN2O/c1-9-3-2-4-11(7-9)17-14(18)10-5-6-13(16)12(15)8-10/h5-6,8-9,11H,2-4,7,16H2,1H3,(H,17,18). The molecular formula is C14H19FN2O. The van der Waals surface area contributed by atoms with Crippen LogP contribution >= 0.6 is 0 Å². The first kappa shape index (κ1) is 12.9. The summed E-state index contributed by atoms with van der Waals surface area (Å²) in [7, 11) is 0. The summed E-state index contributed by atoms with van der Waals surface area (Å²) in [6.07, 6.45) is 4.38. The van der Waals surface area contributed by atoms with E-state index in [0.29, 0.717) is 11.5 Å². The van der Waals surface area contributed by atoms with Crippen LogP contribution < -0.4 is 11.1 Å². The smallest absolute Gasteiger partial charge is 0.251 e. The van der Waals surface area contributed by atoms with E-state index in [-0.39, 0.29) is 17.6 Å². The summed E-state index contributed by atoms with van der Waals surface area (Å²) < 4.78 is 13.3. The van der Waals surface area contributed by atoms with Crippen molar-refractivity contribution in [2.75, 3.05) is 5.73 Å². The van der Waals surface area contributed by atoms with Crippen LogP contribution in [-0.4, -0.2) is 11.9 Å². The van der Waals surface area contributed by atoms with Crippen LogP contribution in [0.1, 0.15) is 43.0 Å².